The van der Waals surface area contributed by atoms with E-state index in [0.717, 1.165) is 24.2 Å². The van der Waals surface area contributed by atoms with Crippen LogP contribution in [0, 0.1) is 13.8 Å². The summed E-state index contributed by atoms with van der Waals surface area (Å²) in [4.78, 5) is 2.05. The summed E-state index contributed by atoms with van der Waals surface area (Å²) in [6.07, 6.45) is 8.87. The number of anilines is 1. The number of aromatic nitrogens is 8. The Labute approximate surface area is 239 Å². The van der Waals surface area contributed by atoms with Gasteiger partial charge < -0.3 is 18.5 Å². The average Bonchev–Trinajstić information content (AvgIpc) is 3.81. The summed E-state index contributed by atoms with van der Waals surface area (Å²) in [5.74, 6) is 1.11. The standard InChI is InChI=1S/C13H19N5O2.C9H12N4O.3C2H6/c1-10-8-14-18(9-10)13(2,3)11-15-16-12(20-11)17-4-6-19-7-5-17;1-7-4-11-13(5-7)9(2,3)8-12-10-6-14-8;3*1-2/h8-9H,4-7H2,1-3H3;4-6H,1-3H3;3*1-2H3. The third-order valence-electron chi connectivity index (χ3n) is 5.67. The summed E-state index contributed by atoms with van der Waals surface area (Å²) in [6, 6.07) is 0.556. The summed E-state index contributed by atoms with van der Waals surface area (Å²) >= 11 is 0. The second-order valence-corrected chi connectivity index (χ2v) is 9.28. The van der Waals surface area contributed by atoms with Crippen molar-refractivity contribution in [3.05, 3.63) is 54.1 Å². The molecule has 5 rings (SSSR count). The molecule has 12 nitrogen and oxygen atoms in total. The van der Waals surface area contributed by atoms with E-state index in [1.165, 1.54) is 6.39 Å². The second-order valence-electron chi connectivity index (χ2n) is 9.28. The van der Waals surface area contributed by atoms with Crippen molar-refractivity contribution < 1.29 is 13.6 Å². The van der Waals surface area contributed by atoms with Crippen molar-refractivity contribution in [2.45, 2.75) is 94.2 Å². The van der Waals surface area contributed by atoms with Crippen molar-refractivity contribution in [3.63, 3.8) is 0 Å². The Morgan fingerprint density at radius 1 is 0.700 bits per heavy atom. The zero-order chi connectivity index (χ0) is 30.3. The van der Waals surface area contributed by atoms with Gasteiger partial charge in [0, 0.05) is 25.5 Å². The molecule has 224 valence electrons. The fraction of sp³-hybridized carbons (Fsp3) is 0.643. The van der Waals surface area contributed by atoms with Gasteiger partial charge in [0.2, 0.25) is 18.2 Å². The summed E-state index contributed by atoms with van der Waals surface area (Å²) < 4.78 is 20.0. The van der Waals surface area contributed by atoms with Crippen molar-refractivity contribution in [3.8, 4) is 0 Å². The van der Waals surface area contributed by atoms with E-state index in [4.69, 9.17) is 13.6 Å². The summed E-state index contributed by atoms with van der Waals surface area (Å²) in [7, 11) is 0. The van der Waals surface area contributed by atoms with Crippen LogP contribution in [0.5, 0.6) is 0 Å². The van der Waals surface area contributed by atoms with Crippen molar-refractivity contribution >= 4 is 6.01 Å². The topological polar surface area (TPSA) is 126 Å². The molecule has 0 radical (unpaired) electrons. The first-order chi connectivity index (χ1) is 19.2. The minimum Gasteiger partial charge on any atom is -0.425 e. The van der Waals surface area contributed by atoms with Crippen LogP contribution in [-0.2, 0) is 15.8 Å². The molecule has 0 amide bonds. The Hall–Kier alpha value is -3.54. The molecular formula is C28H49N9O3. The largest absolute Gasteiger partial charge is 0.425 e. The second kappa shape index (κ2) is 16.5. The quantitative estimate of drug-likeness (QED) is 0.303. The maximum atomic E-state index is 5.84. The van der Waals surface area contributed by atoms with Crippen LogP contribution in [0.15, 0.2) is 40.0 Å². The van der Waals surface area contributed by atoms with E-state index >= 15 is 0 Å². The highest BCUT2D eigenvalue weighted by Crippen LogP contribution is 2.26. The predicted octanol–water partition coefficient (Wildman–Crippen LogP) is 5.63. The first-order valence-electron chi connectivity index (χ1n) is 14.1. The summed E-state index contributed by atoms with van der Waals surface area (Å²) in [5, 5.41) is 24.5. The monoisotopic (exact) mass is 559 g/mol. The fourth-order valence-corrected chi connectivity index (χ4v) is 3.42. The average molecular weight is 560 g/mol. The third-order valence-corrected chi connectivity index (χ3v) is 5.67. The highest BCUT2D eigenvalue weighted by Gasteiger charge is 2.31. The molecule has 0 saturated carbocycles. The van der Waals surface area contributed by atoms with Gasteiger partial charge in [-0.15, -0.1) is 15.3 Å². The first kappa shape index (κ1) is 34.5. The Morgan fingerprint density at radius 3 is 1.62 bits per heavy atom. The van der Waals surface area contributed by atoms with E-state index in [1.54, 1.807) is 6.20 Å². The van der Waals surface area contributed by atoms with Crippen molar-refractivity contribution in [2.75, 3.05) is 31.2 Å². The minimum absolute atomic E-state index is 0.398. The van der Waals surface area contributed by atoms with Crippen LogP contribution in [0.3, 0.4) is 0 Å². The Morgan fingerprint density at radius 2 is 1.20 bits per heavy atom. The zero-order valence-corrected chi connectivity index (χ0v) is 26.5. The number of nitrogens with zero attached hydrogens (tertiary/aromatic N) is 9. The van der Waals surface area contributed by atoms with Crippen LogP contribution in [0.25, 0.3) is 0 Å². The molecule has 40 heavy (non-hydrogen) atoms. The maximum absolute atomic E-state index is 5.84. The summed E-state index contributed by atoms with van der Waals surface area (Å²) in [6.45, 7) is 26.9. The molecule has 1 fully saturated rings. The molecule has 0 atom stereocenters. The molecule has 1 aliphatic rings. The molecule has 1 aliphatic heterocycles. The van der Waals surface area contributed by atoms with Gasteiger partial charge in [0.15, 0.2) is 0 Å². The molecule has 1 saturated heterocycles. The van der Waals surface area contributed by atoms with E-state index in [1.807, 2.05) is 116 Å². The molecule has 0 spiro atoms. The Balaban J connectivity index is 0.000000351. The molecule has 4 aromatic heterocycles. The van der Waals surface area contributed by atoms with Crippen molar-refractivity contribution in [1.82, 2.24) is 40.0 Å². The molecule has 0 N–H and O–H groups in total. The normalized spacial score (nSPS) is 12.9. The first-order valence-corrected chi connectivity index (χ1v) is 14.1. The number of hydrogen-bond acceptors (Lipinski definition) is 10. The van der Waals surface area contributed by atoms with E-state index in [2.05, 4.69) is 30.6 Å². The molecular weight excluding hydrogens is 510 g/mol. The lowest BCUT2D eigenvalue weighted by Crippen LogP contribution is -2.36. The Bertz CT molecular complexity index is 1190. The van der Waals surface area contributed by atoms with Crippen LogP contribution in [-0.4, -0.2) is 66.3 Å². The fourth-order valence-electron chi connectivity index (χ4n) is 3.42. The van der Waals surface area contributed by atoms with Crippen molar-refractivity contribution in [2.24, 2.45) is 0 Å². The molecule has 5 heterocycles. The van der Waals surface area contributed by atoms with Gasteiger partial charge in [-0.25, -0.2) is 0 Å². The van der Waals surface area contributed by atoms with Crippen LogP contribution < -0.4 is 4.90 Å². The number of ether oxygens (including phenoxy) is 1. The number of aryl methyl sites for hydroxylation is 2. The predicted molar refractivity (Wildman–Crippen MR) is 156 cm³/mol. The lowest BCUT2D eigenvalue weighted by atomic mass is 10.1. The summed E-state index contributed by atoms with van der Waals surface area (Å²) in [5.41, 5.74) is 1.35. The van der Waals surface area contributed by atoms with Crippen LogP contribution in [0.1, 0.15) is 92.1 Å². The number of morpholine rings is 1. The van der Waals surface area contributed by atoms with Gasteiger partial charge in [0.25, 0.3) is 0 Å². The third kappa shape index (κ3) is 8.73. The lowest BCUT2D eigenvalue weighted by molar-refractivity contribution is 0.120. The smallest absolute Gasteiger partial charge is 0.318 e. The van der Waals surface area contributed by atoms with Gasteiger partial charge in [-0.1, -0.05) is 46.6 Å². The van der Waals surface area contributed by atoms with Crippen molar-refractivity contribution in [1.29, 1.82) is 0 Å². The van der Waals surface area contributed by atoms with E-state index in [0.29, 0.717) is 31.0 Å². The van der Waals surface area contributed by atoms with Crippen LogP contribution >= 0.6 is 0 Å². The zero-order valence-electron chi connectivity index (χ0n) is 26.5. The van der Waals surface area contributed by atoms with Crippen LogP contribution in [0.4, 0.5) is 6.01 Å². The lowest BCUT2D eigenvalue weighted by Gasteiger charge is -2.25. The molecule has 0 aromatic carbocycles. The van der Waals surface area contributed by atoms with E-state index in [9.17, 15) is 0 Å². The Kier molecular flexibility index (Phi) is 14.3. The highest BCUT2D eigenvalue weighted by molar-refractivity contribution is 5.25. The SMILES string of the molecule is CC.CC.CC.Cc1cnn(C(C)(C)c2nnc(N3CCOCC3)o2)c1.Cc1cnn(C(C)(C)c2nnco2)c1. The molecule has 0 bridgehead atoms. The van der Waals surface area contributed by atoms with Gasteiger partial charge in [-0.3, -0.25) is 9.36 Å². The number of rotatable bonds is 5. The van der Waals surface area contributed by atoms with Gasteiger partial charge in [-0.2, -0.15) is 10.2 Å². The van der Waals surface area contributed by atoms with Crippen LogP contribution in [0.2, 0.25) is 0 Å². The maximum Gasteiger partial charge on any atom is 0.318 e. The van der Waals surface area contributed by atoms with Gasteiger partial charge in [0.1, 0.15) is 11.1 Å². The molecule has 12 heteroatoms. The number of hydrogen-bond donors (Lipinski definition) is 0. The van der Waals surface area contributed by atoms with Gasteiger partial charge in [0.05, 0.1) is 25.6 Å². The van der Waals surface area contributed by atoms with E-state index in [-0.39, 0.29) is 0 Å². The molecule has 0 unspecified atom stereocenters. The van der Waals surface area contributed by atoms with E-state index < -0.39 is 11.1 Å². The molecule has 4 aromatic rings. The minimum atomic E-state index is -0.466. The van der Waals surface area contributed by atoms with Gasteiger partial charge >= 0.3 is 6.01 Å². The highest BCUT2D eigenvalue weighted by atomic mass is 16.5. The molecule has 0 aliphatic carbocycles. The van der Waals surface area contributed by atoms with Gasteiger partial charge in [-0.05, 0) is 52.7 Å².